The van der Waals surface area contributed by atoms with Crippen LogP contribution in [0.5, 0.6) is 0 Å². The quantitative estimate of drug-likeness (QED) is 0.311. The minimum atomic E-state index is -4.06. The summed E-state index contributed by atoms with van der Waals surface area (Å²) < 4.78 is 66.3. The Morgan fingerprint density at radius 2 is 1.35 bits per heavy atom. The zero-order chi connectivity index (χ0) is 28.3. The first kappa shape index (κ1) is 28.4. The van der Waals surface area contributed by atoms with Gasteiger partial charge in [-0.25, -0.2) is 8.42 Å². The van der Waals surface area contributed by atoms with Crippen LogP contribution in [0, 0.1) is 13.8 Å². The third-order valence-corrected chi connectivity index (χ3v) is 10.4. The molecule has 0 spiro atoms. The van der Waals surface area contributed by atoms with Crippen LogP contribution in [-0.2, 0) is 24.8 Å². The van der Waals surface area contributed by atoms with Gasteiger partial charge in [0.05, 0.1) is 29.5 Å². The Morgan fingerprint density at radius 1 is 0.775 bits per heavy atom. The summed E-state index contributed by atoms with van der Waals surface area (Å²) in [6.45, 7) is 6.83. The van der Waals surface area contributed by atoms with Crippen molar-refractivity contribution in [3.63, 3.8) is 0 Å². The van der Waals surface area contributed by atoms with E-state index in [0.29, 0.717) is 32.1 Å². The molecule has 212 valence electrons. The molecule has 0 radical (unpaired) electrons. The average Bonchev–Trinajstić information content (AvgIpc) is 3.40. The Bertz CT molecular complexity index is 1550. The fourth-order valence-electron chi connectivity index (χ4n) is 4.98. The molecule has 2 aliphatic rings. The molecule has 0 aromatic heterocycles. The summed E-state index contributed by atoms with van der Waals surface area (Å²) in [6.07, 6.45) is -0.763. The van der Waals surface area contributed by atoms with Crippen LogP contribution >= 0.6 is 0 Å². The van der Waals surface area contributed by atoms with Crippen molar-refractivity contribution in [2.24, 2.45) is 4.40 Å². The first-order valence-corrected chi connectivity index (χ1v) is 16.1. The molecule has 40 heavy (non-hydrogen) atoms. The third-order valence-electron chi connectivity index (χ3n) is 7.20. The van der Waals surface area contributed by atoms with Crippen LogP contribution in [0.1, 0.15) is 22.9 Å². The normalized spacial score (nSPS) is 19.7. The zero-order valence-electron chi connectivity index (χ0n) is 22.7. The van der Waals surface area contributed by atoms with E-state index in [1.165, 1.54) is 4.31 Å². The Kier molecular flexibility index (Phi) is 8.39. The first-order chi connectivity index (χ1) is 19.1. The van der Waals surface area contributed by atoms with Crippen LogP contribution in [-0.4, -0.2) is 82.7 Å². The van der Waals surface area contributed by atoms with Crippen LogP contribution in [0.2, 0.25) is 0 Å². The van der Waals surface area contributed by atoms with Crippen LogP contribution in [0.25, 0.3) is 0 Å². The lowest BCUT2D eigenvalue weighted by Crippen LogP contribution is -2.46. The van der Waals surface area contributed by atoms with E-state index < -0.39 is 26.2 Å². The lowest BCUT2D eigenvalue weighted by molar-refractivity contribution is 0.0438. The topological polar surface area (TPSA) is 99.6 Å². The Hall–Kier alpha value is -3.09. The van der Waals surface area contributed by atoms with E-state index in [-0.39, 0.29) is 29.4 Å². The fourth-order valence-corrected chi connectivity index (χ4v) is 7.57. The highest BCUT2D eigenvalue weighted by molar-refractivity contribution is 7.90. The minimum absolute atomic E-state index is 0.0946. The number of aryl methyl sites for hydroxylation is 2. The highest BCUT2D eigenvalue weighted by Gasteiger charge is 2.43. The summed E-state index contributed by atoms with van der Waals surface area (Å²) in [5, 5.41) is 0. The molecule has 1 atom stereocenters. The monoisotopic (exact) mass is 582 g/mol. The molecule has 5 rings (SSSR count). The molecule has 3 aromatic rings. The van der Waals surface area contributed by atoms with Gasteiger partial charge < -0.3 is 9.64 Å². The predicted octanol–water partition coefficient (Wildman–Crippen LogP) is 3.43. The maximum atomic E-state index is 13.9. The van der Waals surface area contributed by atoms with Crippen molar-refractivity contribution >= 4 is 25.9 Å². The van der Waals surface area contributed by atoms with Crippen molar-refractivity contribution < 1.29 is 21.6 Å². The molecule has 2 aliphatic heterocycles. The Balaban J connectivity index is 1.59. The molecule has 0 aliphatic carbocycles. The van der Waals surface area contributed by atoms with Gasteiger partial charge in [-0.1, -0.05) is 65.7 Å². The molecule has 9 nitrogen and oxygen atoms in total. The average molecular weight is 583 g/mol. The third kappa shape index (κ3) is 6.13. The summed E-state index contributed by atoms with van der Waals surface area (Å²) in [5.74, 6) is 0.304. The van der Waals surface area contributed by atoms with Gasteiger partial charge in [-0.15, -0.1) is 4.40 Å². The van der Waals surface area contributed by atoms with Gasteiger partial charge in [0.2, 0.25) is 10.0 Å². The van der Waals surface area contributed by atoms with Crippen molar-refractivity contribution in [3.05, 3.63) is 95.6 Å². The van der Waals surface area contributed by atoms with Crippen molar-refractivity contribution in [3.8, 4) is 0 Å². The first-order valence-electron chi connectivity index (χ1n) is 13.3. The van der Waals surface area contributed by atoms with Gasteiger partial charge >= 0.3 is 0 Å². The number of nitrogens with zero attached hydrogens (tertiary/aromatic N) is 4. The summed E-state index contributed by atoms with van der Waals surface area (Å²) in [6, 6.07) is 22.6. The van der Waals surface area contributed by atoms with E-state index in [0.717, 1.165) is 16.7 Å². The van der Waals surface area contributed by atoms with Crippen molar-refractivity contribution in [1.82, 2.24) is 14.1 Å². The maximum Gasteiger partial charge on any atom is 0.283 e. The SMILES string of the molecule is Cc1ccc(S(=O)(=O)/N=C(/CN2CCOCC2)N2CCN(S(=O)(=O)c3ccc(C)cc3)C2c2ccccc2)cc1. The second kappa shape index (κ2) is 11.8. The zero-order valence-corrected chi connectivity index (χ0v) is 24.3. The number of ether oxygens (including phenoxy) is 1. The van der Waals surface area contributed by atoms with Crippen molar-refractivity contribution in [2.45, 2.75) is 29.8 Å². The number of hydrogen-bond donors (Lipinski definition) is 0. The summed E-state index contributed by atoms with van der Waals surface area (Å²) in [4.78, 5) is 4.20. The molecule has 0 N–H and O–H groups in total. The number of benzene rings is 3. The molecule has 2 heterocycles. The van der Waals surface area contributed by atoms with Gasteiger partial charge in [-0.05, 0) is 43.7 Å². The van der Waals surface area contributed by atoms with Gasteiger partial charge in [-0.2, -0.15) is 12.7 Å². The van der Waals surface area contributed by atoms with E-state index in [4.69, 9.17) is 4.74 Å². The molecule has 0 bridgehead atoms. The number of morpholine rings is 1. The predicted molar refractivity (Wildman–Crippen MR) is 154 cm³/mol. The number of amidine groups is 1. The van der Waals surface area contributed by atoms with Gasteiger partial charge in [0.1, 0.15) is 12.0 Å². The molecule has 3 aromatic carbocycles. The lowest BCUT2D eigenvalue weighted by atomic mass is 10.1. The molecule has 1 unspecified atom stereocenters. The highest BCUT2D eigenvalue weighted by Crippen LogP contribution is 2.36. The van der Waals surface area contributed by atoms with Crippen molar-refractivity contribution in [2.75, 3.05) is 45.9 Å². The second-order valence-electron chi connectivity index (χ2n) is 10.1. The van der Waals surface area contributed by atoms with Crippen LogP contribution in [0.4, 0.5) is 0 Å². The van der Waals surface area contributed by atoms with Crippen LogP contribution < -0.4 is 0 Å². The van der Waals surface area contributed by atoms with E-state index >= 15 is 0 Å². The van der Waals surface area contributed by atoms with Gasteiger partial charge in [0, 0.05) is 26.2 Å². The molecule has 0 saturated carbocycles. The molecular weight excluding hydrogens is 548 g/mol. The van der Waals surface area contributed by atoms with Gasteiger partial charge in [-0.3, -0.25) is 4.90 Å². The maximum absolute atomic E-state index is 13.9. The summed E-state index contributed by atoms with van der Waals surface area (Å²) >= 11 is 0. The molecule has 2 fully saturated rings. The van der Waals surface area contributed by atoms with Gasteiger partial charge in [0.25, 0.3) is 10.0 Å². The van der Waals surface area contributed by atoms with Gasteiger partial charge in [0.15, 0.2) is 0 Å². The van der Waals surface area contributed by atoms with E-state index in [1.807, 2.05) is 49.1 Å². The highest BCUT2D eigenvalue weighted by atomic mass is 32.2. The number of hydrogen-bond acceptors (Lipinski definition) is 6. The molecule has 11 heteroatoms. The Morgan fingerprint density at radius 3 is 1.95 bits per heavy atom. The van der Waals surface area contributed by atoms with E-state index in [9.17, 15) is 16.8 Å². The Labute approximate surface area is 236 Å². The minimum Gasteiger partial charge on any atom is -0.379 e. The number of rotatable bonds is 7. The number of sulfonamides is 2. The largest absolute Gasteiger partial charge is 0.379 e. The standard InChI is InChI=1S/C29H34N4O5S2/c1-23-8-12-26(13-9-23)39(34,35)30-28(22-31-18-20-38-21-19-31)32-16-17-33(29(32)25-6-4-3-5-7-25)40(36,37)27-14-10-24(2)11-15-27/h3-15,29H,16-22H2,1-2H3/b30-28-. The lowest BCUT2D eigenvalue weighted by Gasteiger charge is -2.35. The van der Waals surface area contributed by atoms with Crippen LogP contribution in [0.3, 0.4) is 0 Å². The smallest absolute Gasteiger partial charge is 0.283 e. The van der Waals surface area contributed by atoms with E-state index in [2.05, 4.69) is 9.30 Å². The van der Waals surface area contributed by atoms with E-state index in [1.54, 1.807) is 48.5 Å². The van der Waals surface area contributed by atoms with Crippen LogP contribution in [0.15, 0.2) is 93.1 Å². The second-order valence-corrected chi connectivity index (χ2v) is 13.6. The molecular formula is C29H34N4O5S2. The summed E-state index contributed by atoms with van der Waals surface area (Å²) in [7, 11) is -7.96. The molecule has 0 amide bonds. The molecule has 2 saturated heterocycles. The van der Waals surface area contributed by atoms with Crippen molar-refractivity contribution in [1.29, 1.82) is 0 Å². The fraction of sp³-hybridized carbons (Fsp3) is 0.345. The summed E-state index contributed by atoms with van der Waals surface area (Å²) in [5.41, 5.74) is 2.64.